The van der Waals surface area contributed by atoms with Gasteiger partial charge in [-0.25, -0.2) is 9.97 Å². The van der Waals surface area contributed by atoms with Gasteiger partial charge in [-0.2, -0.15) is 5.10 Å². The highest BCUT2D eigenvalue weighted by Crippen LogP contribution is 2.21. The number of rotatable bonds is 4. The van der Waals surface area contributed by atoms with Crippen molar-refractivity contribution < 1.29 is 0 Å². The summed E-state index contributed by atoms with van der Waals surface area (Å²) in [5, 5.41) is 5.70. The SMILES string of the molecule is Cn1ncc2c(N)nc(CSCc3ccc(Cl)cc3)nc21. The molecule has 3 aromatic rings. The molecule has 1 aromatic carbocycles. The van der Waals surface area contributed by atoms with Gasteiger partial charge in [0, 0.05) is 17.8 Å². The van der Waals surface area contributed by atoms with E-state index in [4.69, 9.17) is 17.3 Å². The maximum absolute atomic E-state index is 5.94. The minimum Gasteiger partial charge on any atom is -0.383 e. The number of hydrogen-bond acceptors (Lipinski definition) is 5. The molecular weight excluding hydrogens is 306 g/mol. The summed E-state index contributed by atoms with van der Waals surface area (Å²) in [6.07, 6.45) is 1.69. The zero-order chi connectivity index (χ0) is 14.8. The Bertz CT molecular complexity index is 769. The largest absolute Gasteiger partial charge is 0.383 e. The average Bonchev–Trinajstić information content (AvgIpc) is 2.83. The van der Waals surface area contributed by atoms with Crippen molar-refractivity contribution >= 4 is 40.2 Å². The molecule has 0 bridgehead atoms. The second-order valence-corrected chi connectivity index (χ2v) is 6.07. The maximum Gasteiger partial charge on any atom is 0.163 e. The Kier molecular flexibility index (Phi) is 3.98. The van der Waals surface area contributed by atoms with E-state index in [1.807, 2.05) is 31.3 Å². The first-order valence-electron chi connectivity index (χ1n) is 6.40. The number of thioether (sulfide) groups is 1. The predicted molar refractivity (Wildman–Crippen MR) is 87.2 cm³/mol. The lowest BCUT2D eigenvalue weighted by atomic mass is 10.2. The summed E-state index contributed by atoms with van der Waals surface area (Å²) >= 11 is 7.61. The lowest BCUT2D eigenvalue weighted by Crippen LogP contribution is -2.01. The van der Waals surface area contributed by atoms with Crippen LogP contribution in [0.3, 0.4) is 0 Å². The first kappa shape index (κ1) is 14.2. The van der Waals surface area contributed by atoms with E-state index in [0.717, 1.165) is 27.6 Å². The van der Waals surface area contributed by atoms with Gasteiger partial charge in [0.1, 0.15) is 11.6 Å². The highest BCUT2D eigenvalue weighted by molar-refractivity contribution is 7.97. The molecule has 3 rings (SSSR count). The zero-order valence-corrected chi connectivity index (χ0v) is 13.0. The first-order valence-corrected chi connectivity index (χ1v) is 7.93. The van der Waals surface area contributed by atoms with Crippen molar-refractivity contribution in [2.45, 2.75) is 11.5 Å². The third-order valence-electron chi connectivity index (χ3n) is 3.08. The molecule has 0 aliphatic rings. The monoisotopic (exact) mass is 319 g/mol. The van der Waals surface area contributed by atoms with Crippen molar-refractivity contribution in [2.24, 2.45) is 7.05 Å². The van der Waals surface area contributed by atoms with Crippen molar-refractivity contribution in [3.63, 3.8) is 0 Å². The predicted octanol–water partition coefficient (Wildman–Crippen LogP) is 3.03. The maximum atomic E-state index is 5.94. The third-order valence-corrected chi connectivity index (χ3v) is 4.33. The Hall–Kier alpha value is -1.79. The molecule has 0 saturated heterocycles. The Morgan fingerprint density at radius 3 is 2.71 bits per heavy atom. The molecule has 0 radical (unpaired) electrons. The second-order valence-electron chi connectivity index (χ2n) is 4.65. The van der Waals surface area contributed by atoms with Crippen LogP contribution in [-0.4, -0.2) is 19.7 Å². The Balaban J connectivity index is 1.70. The molecule has 2 aromatic heterocycles. The number of nitrogens with zero attached hydrogens (tertiary/aromatic N) is 4. The standard InChI is InChI=1S/C14H14ClN5S/c1-20-14-11(6-17-20)13(16)18-12(19-14)8-21-7-9-2-4-10(15)5-3-9/h2-6H,7-8H2,1H3,(H2,16,18,19). The van der Waals surface area contributed by atoms with Crippen LogP contribution in [0.15, 0.2) is 30.5 Å². The Labute approximate surface area is 131 Å². The Morgan fingerprint density at radius 1 is 1.19 bits per heavy atom. The van der Waals surface area contributed by atoms with Gasteiger partial charge < -0.3 is 5.73 Å². The van der Waals surface area contributed by atoms with Gasteiger partial charge in [-0.3, -0.25) is 4.68 Å². The van der Waals surface area contributed by atoms with Crippen molar-refractivity contribution in [2.75, 3.05) is 5.73 Å². The van der Waals surface area contributed by atoms with Crippen molar-refractivity contribution in [1.82, 2.24) is 19.7 Å². The molecule has 2 heterocycles. The number of hydrogen-bond donors (Lipinski definition) is 1. The molecular formula is C14H14ClN5S. The van der Waals surface area contributed by atoms with E-state index in [-0.39, 0.29) is 0 Å². The number of halogens is 1. The van der Waals surface area contributed by atoms with Crippen molar-refractivity contribution in [3.05, 3.63) is 46.9 Å². The highest BCUT2D eigenvalue weighted by Gasteiger charge is 2.09. The van der Waals surface area contributed by atoms with Gasteiger partial charge in [-0.15, -0.1) is 11.8 Å². The van der Waals surface area contributed by atoms with E-state index in [0.29, 0.717) is 11.6 Å². The molecule has 108 valence electrons. The number of anilines is 1. The minimum absolute atomic E-state index is 0.482. The topological polar surface area (TPSA) is 69.6 Å². The summed E-state index contributed by atoms with van der Waals surface area (Å²) in [6, 6.07) is 7.84. The number of nitrogens with two attached hydrogens (primary N) is 1. The van der Waals surface area contributed by atoms with E-state index in [1.54, 1.807) is 22.6 Å². The lowest BCUT2D eigenvalue weighted by molar-refractivity contribution is 0.782. The summed E-state index contributed by atoms with van der Waals surface area (Å²) in [5.41, 5.74) is 7.93. The number of aromatic nitrogens is 4. The van der Waals surface area contributed by atoms with Crippen molar-refractivity contribution in [3.8, 4) is 0 Å². The molecule has 0 spiro atoms. The lowest BCUT2D eigenvalue weighted by Gasteiger charge is -2.04. The van der Waals surface area contributed by atoms with Crippen LogP contribution < -0.4 is 5.73 Å². The molecule has 0 saturated carbocycles. The minimum atomic E-state index is 0.482. The molecule has 2 N–H and O–H groups in total. The summed E-state index contributed by atoms with van der Waals surface area (Å²) in [6.45, 7) is 0. The van der Waals surface area contributed by atoms with Gasteiger partial charge in [0.05, 0.1) is 17.3 Å². The van der Waals surface area contributed by atoms with Gasteiger partial charge in [0.25, 0.3) is 0 Å². The fourth-order valence-electron chi connectivity index (χ4n) is 2.00. The summed E-state index contributed by atoms with van der Waals surface area (Å²) < 4.78 is 1.71. The molecule has 5 nitrogen and oxygen atoms in total. The van der Waals surface area contributed by atoms with Crippen LogP contribution in [-0.2, 0) is 18.6 Å². The van der Waals surface area contributed by atoms with Crippen LogP contribution >= 0.6 is 23.4 Å². The van der Waals surface area contributed by atoms with E-state index >= 15 is 0 Å². The van der Waals surface area contributed by atoms with Crippen LogP contribution in [0.4, 0.5) is 5.82 Å². The normalized spacial score (nSPS) is 11.1. The molecule has 0 amide bonds. The number of benzene rings is 1. The molecule has 0 atom stereocenters. The summed E-state index contributed by atoms with van der Waals surface area (Å²) in [4.78, 5) is 8.84. The highest BCUT2D eigenvalue weighted by atomic mass is 35.5. The van der Waals surface area contributed by atoms with Crippen LogP contribution in [0.1, 0.15) is 11.4 Å². The molecule has 0 aliphatic carbocycles. The zero-order valence-electron chi connectivity index (χ0n) is 11.5. The molecule has 7 heteroatoms. The van der Waals surface area contributed by atoms with Gasteiger partial charge in [-0.05, 0) is 17.7 Å². The van der Waals surface area contributed by atoms with E-state index in [9.17, 15) is 0 Å². The molecule has 0 aliphatic heterocycles. The van der Waals surface area contributed by atoms with Crippen molar-refractivity contribution in [1.29, 1.82) is 0 Å². The molecule has 0 unspecified atom stereocenters. The van der Waals surface area contributed by atoms with Crippen LogP contribution in [0.2, 0.25) is 5.02 Å². The van der Waals surface area contributed by atoms with Gasteiger partial charge >= 0.3 is 0 Å². The summed E-state index contributed by atoms with van der Waals surface area (Å²) in [5.74, 6) is 2.79. The third kappa shape index (κ3) is 3.11. The van der Waals surface area contributed by atoms with E-state index < -0.39 is 0 Å². The van der Waals surface area contributed by atoms with Gasteiger partial charge in [-0.1, -0.05) is 23.7 Å². The second kappa shape index (κ2) is 5.91. The number of fused-ring (bicyclic) bond motifs is 1. The van der Waals surface area contributed by atoms with E-state index in [1.165, 1.54) is 5.56 Å². The number of aryl methyl sites for hydroxylation is 1. The summed E-state index contributed by atoms with van der Waals surface area (Å²) in [7, 11) is 1.85. The smallest absolute Gasteiger partial charge is 0.163 e. The van der Waals surface area contributed by atoms with E-state index in [2.05, 4.69) is 15.1 Å². The fraction of sp³-hybridized carbons (Fsp3) is 0.214. The first-order chi connectivity index (χ1) is 10.1. The molecule has 0 fully saturated rings. The fourth-order valence-corrected chi connectivity index (χ4v) is 2.96. The van der Waals surface area contributed by atoms with Gasteiger partial charge in [0.15, 0.2) is 5.65 Å². The van der Waals surface area contributed by atoms with Crippen LogP contribution in [0.5, 0.6) is 0 Å². The van der Waals surface area contributed by atoms with Gasteiger partial charge in [0.2, 0.25) is 0 Å². The van der Waals surface area contributed by atoms with Crippen LogP contribution in [0.25, 0.3) is 11.0 Å². The van der Waals surface area contributed by atoms with Crippen LogP contribution in [0, 0.1) is 0 Å². The number of nitrogen functional groups attached to an aromatic ring is 1. The molecule has 21 heavy (non-hydrogen) atoms. The quantitative estimate of drug-likeness (QED) is 0.800. The Morgan fingerprint density at radius 2 is 1.95 bits per heavy atom. The average molecular weight is 320 g/mol.